The number of ether oxygens (including phenoxy) is 1. The van der Waals surface area contributed by atoms with Gasteiger partial charge in [-0.1, -0.05) is 60.1 Å². The Bertz CT molecular complexity index is 898. The van der Waals surface area contributed by atoms with E-state index in [1.807, 2.05) is 54.6 Å². The molecule has 0 spiro atoms. The molecule has 1 amide bonds. The minimum absolute atomic E-state index is 0.125. The van der Waals surface area contributed by atoms with Crippen molar-refractivity contribution in [2.45, 2.75) is 0 Å². The van der Waals surface area contributed by atoms with Gasteiger partial charge in [0.25, 0.3) is 0 Å². The Balaban J connectivity index is 1.70. The Hall–Kier alpha value is -2.98. The van der Waals surface area contributed by atoms with Crippen molar-refractivity contribution in [3.05, 3.63) is 77.8 Å². The molecule has 0 radical (unpaired) electrons. The highest BCUT2D eigenvalue weighted by atomic mass is 35.5. The average molecular weight is 367 g/mol. The zero-order valence-electron chi connectivity index (χ0n) is 14.3. The van der Waals surface area contributed by atoms with Gasteiger partial charge in [0.2, 0.25) is 5.91 Å². The fourth-order valence-electron chi connectivity index (χ4n) is 2.65. The number of benzene rings is 3. The van der Waals surface area contributed by atoms with Crippen molar-refractivity contribution in [2.75, 3.05) is 24.3 Å². The molecular formula is C21H19ClN2O2. The number of methoxy groups -OCH3 is 1. The summed E-state index contributed by atoms with van der Waals surface area (Å²) in [6, 6.07) is 23.0. The van der Waals surface area contributed by atoms with E-state index < -0.39 is 0 Å². The van der Waals surface area contributed by atoms with Crippen LogP contribution in [0.5, 0.6) is 5.75 Å². The summed E-state index contributed by atoms with van der Waals surface area (Å²) in [6.07, 6.45) is 0. The third-order valence-electron chi connectivity index (χ3n) is 3.89. The molecule has 0 saturated carbocycles. The van der Waals surface area contributed by atoms with Crippen LogP contribution in [0.2, 0.25) is 5.02 Å². The number of amides is 1. The molecule has 3 aromatic rings. The second kappa shape index (κ2) is 8.41. The fourth-order valence-corrected chi connectivity index (χ4v) is 2.83. The van der Waals surface area contributed by atoms with Crippen LogP contribution in [0.15, 0.2) is 72.8 Å². The first-order valence-corrected chi connectivity index (χ1v) is 8.57. The van der Waals surface area contributed by atoms with Crippen molar-refractivity contribution in [3.8, 4) is 16.9 Å². The molecule has 3 aromatic carbocycles. The zero-order valence-corrected chi connectivity index (χ0v) is 15.1. The van der Waals surface area contributed by atoms with E-state index in [0.717, 1.165) is 16.8 Å². The molecule has 0 aliphatic rings. The first-order valence-electron chi connectivity index (χ1n) is 8.19. The van der Waals surface area contributed by atoms with Crippen LogP contribution in [-0.4, -0.2) is 19.6 Å². The van der Waals surface area contributed by atoms with Crippen LogP contribution in [0.4, 0.5) is 11.4 Å². The first kappa shape index (κ1) is 17.8. The molecule has 4 nitrogen and oxygen atoms in total. The van der Waals surface area contributed by atoms with Gasteiger partial charge in [0.05, 0.1) is 19.3 Å². The summed E-state index contributed by atoms with van der Waals surface area (Å²) in [6.45, 7) is 0.125. The van der Waals surface area contributed by atoms with E-state index >= 15 is 0 Å². The lowest BCUT2D eigenvalue weighted by atomic mass is 10.0. The molecule has 0 aliphatic carbocycles. The first-order chi connectivity index (χ1) is 12.7. The molecule has 0 aromatic heterocycles. The standard InChI is InChI=1S/C21H19ClN2O2/c1-26-20-12-11-16(22)13-19(20)24-21(25)14-23-18-10-6-5-9-17(18)15-7-3-2-4-8-15/h2-13,23H,14H2,1H3,(H,24,25). The maximum Gasteiger partial charge on any atom is 0.243 e. The Morgan fingerprint density at radius 1 is 0.962 bits per heavy atom. The zero-order chi connectivity index (χ0) is 18.4. The Morgan fingerprint density at radius 2 is 1.69 bits per heavy atom. The van der Waals surface area contributed by atoms with Crippen LogP contribution in [0.1, 0.15) is 0 Å². The molecule has 26 heavy (non-hydrogen) atoms. The highest BCUT2D eigenvalue weighted by Gasteiger charge is 2.10. The summed E-state index contributed by atoms with van der Waals surface area (Å²) < 4.78 is 5.25. The van der Waals surface area contributed by atoms with Crippen LogP contribution in [0.3, 0.4) is 0 Å². The normalized spacial score (nSPS) is 10.2. The second-order valence-electron chi connectivity index (χ2n) is 5.66. The maximum absolute atomic E-state index is 12.3. The van der Waals surface area contributed by atoms with E-state index in [2.05, 4.69) is 10.6 Å². The van der Waals surface area contributed by atoms with Crippen molar-refractivity contribution < 1.29 is 9.53 Å². The minimum Gasteiger partial charge on any atom is -0.495 e. The van der Waals surface area contributed by atoms with E-state index in [-0.39, 0.29) is 12.5 Å². The molecule has 0 fully saturated rings. The quantitative estimate of drug-likeness (QED) is 0.640. The summed E-state index contributed by atoms with van der Waals surface area (Å²) in [5.41, 5.74) is 3.57. The summed E-state index contributed by atoms with van der Waals surface area (Å²) in [5, 5.41) is 6.55. The summed E-state index contributed by atoms with van der Waals surface area (Å²) in [5.74, 6) is 0.376. The second-order valence-corrected chi connectivity index (χ2v) is 6.09. The van der Waals surface area contributed by atoms with Gasteiger partial charge in [0.1, 0.15) is 5.75 Å². The molecule has 132 valence electrons. The van der Waals surface area contributed by atoms with Gasteiger partial charge in [-0.25, -0.2) is 0 Å². The van der Waals surface area contributed by atoms with E-state index in [1.165, 1.54) is 0 Å². The third-order valence-corrected chi connectivity index (χ3v) is 4.12. The molecule has 0 atom stereocenters. The number of hydrogen-bond donors (Lipinski definition) is 2. The van der Waals surface area contributed by atoms with Gasteiger partial charge in [-0.15, -0.1) is 0 Å². The molecule has 0 bridgehead atoms. The van der Waals surface area contributed by atoms with Crippen molar-refractivity contribution in [2.24, 2.45) is 0 Å². The van der Waals surface area contributed by atoms with Gasteiger partial charge < -0.3 is 15.4 Å². The fraction of sp³-hybridized carbons (Fsp3) is 0.0952. The lowest BCUT2D eigenvalue weighted by molar-refractivity contribution is -0.114. The smallest absolute Gasteiger partial charge is 0.243 e. The molecule has 5 heteroatoms. The molecular weight excluding hydrogens is 348 g/mol. The number of halogens is 1. The van der Waals surface area contributed by atoms with Crippen LogP contribution in [-0.2, 0) is 4.79 Å². The van der Waals surface area contributed by atoms with Crippen LogP contribution in [0.25, 0.3) is 11.1 Å². The highest BCUT2D eigenvalue weighted by Crippen LogP contribution is 2.29. The number of para-hydroxylation sites is 1. The maximum atomic E-state index is 12.3. The predicted octanol–water partition coefficient (Wildman–Crippen LogP) is 5.07. The summed E-state index contributed by atoms with van der Waals surface area (Å²) in [7, 11) is 1.55. The monoisotopic (exact) mass is 366 g/mol. The molecule has 3 rings (SSSR count). The number of rotatable bonds is 6. The van der Waals surface area contributed by atoms with Crippen LogP contribution < -0.4 is 15.4 Å². The average Bonchev–Trinajstić information content (AvgIpc) is 2.67. The van der Waals surface area contributed by atoms with Crippen LogP contribution in [0, 0.1) is 0 Å². The summed E-state index contributed by atoms with van der Waals surface area (Å²) in [4.78, 5) is 12.3. The highest BCUT2D eigenvalue weighted by molar-refractivity contribution is 6.31. The number of hydrogen-bond acceptors (Lipinski definition) is 3. The largest absolute Gasteiger partial charge is 0.495 e. The van der Waals surface area contributed by atoms with E-state index in [1.54, 1.807) is 25.3 Å². The number of anilines is 2. The lowest BCUT2D eigenvalue weighted by Gasteiger charge is -2.14. The topological polar surface area (TPSA) is 50.4 Å². The number of nitrogens with one attached hydrogen (secondary N) is 2. The van der Waals surface area contributed by atoms with E-state index in [9.17, 15) is 4.79 Å². The van der Waals surface area contributed by atoms with Gasteiger partial charge >= 0.3 is 0 Å². The van der Waals surface area contributed by atoms with Gasteiger partial charge in [-0.05, 0) is 29.8 Å². The Kier molecular flexibility index (Phi) is 5.77. The van der Waals surface area contributed by atoms with Gasteiger partial charge in [0.15, 0.2) is 0 Å². The Labute approximate surface area is 157 Å². The molecule has 0 saturated heterocycles. The summed E-state index contributed by atoms with van der Waals surface area (Å²) >= 11 is 6.00. The molecule has 0 unspecified atom stereocenters. The SMILES string of the molecule is COc1ccc(Cl)cc1NC(=O)CNc1ccccc1-c1ccccc1. The van der Waals surface area contributed by atoms with Crippen molar-refractivity contribution in [1.82, 2.24) is 0 Å². The predicted molar refractivity (Wildman–Crippen MR) is 107 cm³/mol. The van der Waals surface area contributed by atoms with Gasteiger partial charge in [0, 0.05) is 16.3 Å². The lowest BCUT2D eigenvalue weighted by Crippen LogP contribution is -2.22. The van der Waals surface area contributed by atoms with E-state index in [4.69, 9.17) is 16.3 Å². The van der Waals surface area contributed by atoms with Crippen molar-refractivity contribution in [3.63, 3.8) is 0 Å². The minimum atomic E-state index is -0.187. The third kappa shape index (κ3) is 4.35. The van der Waals surface area contributed by atoms with Gasteiger partial charge in [-0.2, -0.15) is 0 Å². The van der Waals surface area contributed by atoms with Gasteiger partial charge in [-0.3, -0.25) is 4.79 Å². The van der Waals surface area contributed by atoms with Crippen molar-refractivity contribution in [1.29, 1.82) is 0 Å². The number of carbonyl (C=O) groups is 1. The molecule has 0 aliphatic heterocycles. The number of carbonyl (C=O) groups excluding carboxylic acids is 1. The molecule has 2 N–H and O–H groups in total. The Morgan fingerprint density at radius 3 is 2.46 bits per heavy atom. The molecule has 0 heterocycles. The van der Waals surface area contributed by atoms with Crippen LogP contribution >= 0.6 is 11.6 Å². The van der Waals surface area contributed by atoms with E-state index in [0.29, 0.717) is 16.5 Å². The van der Waals surface area contributed by atoms with Crippen molar-refractivity contribution >= 4 is 28.9 Å².